The predicted octanol–water partition coefficient (Wildman–Crippen LogP) is 8.58. The van der Waals surface area contributed by atoms with Crippen LogP contribution in [0.15, 0.2) is 127 Å². The molecule has 0 saturated heterocycles. The van der Waals surface area contributed by atoms with E-state index >= 15 is 0 Å². The molecule has 0 fully saturated rings. The Kier molecular flexibility index (Phi) is 5.24. The van der Waals surface area contributed by atoms with Crippen molar-refractivity contribution in [2.24, 2.45) is 0 Å². The monoisotopic (exact) mass is 531 g/mol. The van der Waals surface area contributed by atoms with Crippen molar-refractivity contribution in [3.05, 3.63) is 127 Å². The highest BCUT2D eigenvalue weighted by atomic mass is 32.1. The third kappa shape index (κ3) is 3.77. The first-order valence-corrected chi connectivity index (χ1v) is 13.9. The van der Waals surface area contributed by atoms with Crippen molar-refractivity contribution in [3.8, 4) is 39.3 Å². The fourth-order valence-corrected chi connectivity index (χ4v) is 6.14. The van der Waals surface area contributed by atoms with Crippen LogP contribution in [0.4, 0.5) is 0 Å². The van der Waals surface area contributed by atoms with Gasteiger partial charge in [0, 0.05) is 16.3 Å². The van der Waals surface area contributed by atoms with E-state index < -0.39 is 0 Å². The SMILES string of the molecule is c1ccc(-c2ccc(-c3nc(-c4nc5ccccc5s4)nc(-n4c5ccccc5c5ccccc54)n3)cc2)cc1. The molecule has 0 spiro atoms. The average Bonchev–Trinajstić information content (AvgIpc) is 3.61. The van der Waals surface area contributed by atoms with Crippen LogP contribution < -0.4 is 0 Å². The lowest BCUT2D eigenvalue weighted by molar-refractivity contribution is 0.952. The first-order valence-electron chi connectivity index (χ1n) is 13.1. The van der Waals surface area contributed by atoms with Crippen molar-refractivity contribution < 1.29 is 0 Å². The molecule has 8 rings (SSSR count). The zero-order valence-electron chi connectivity index (χ0n) is 21.3. The van der Waals surface area contributed by atoms with E-state index in [-0.39, 0.29) is 0 Å². The Balaban J connectivity index is 1.36. The summed E-state index contributed by atoms with van der Waals surface area (Å²) in [5, 5.41) is 3.09. The molecule has 0 bridgehead atoms. The minimum atomic E-state index is 0.565. The second-order valence-electron chi connectivity index (χ2n) is 9.58. The van der Waals surface area contributed by atoms with E-state index in [0.29, 0.717) is 17.6 Å². The van der Waals surface area contributed by atoms with E-state index in [4.69, 9.17) is 19.9 Å². The van der Waals surface area contributed by atoms with Gasteiger partial charge in [0.1, 0.15) is 0 Å². The number of hydrogen-bond donors (Lipinski definition) is 0. The highest BCUT2D eigenvalue weighted by Gasteiger charge is 2.19. The van der Waals surface area contributed by atoms with Gasteiger partial charge in [-0.3, -0.25) is 4.57 Å². The summed E-state index contributed by atoms with van der Waals surface area (Å²) in [4.78, 5) is 19.9. The molecule has 0 amide bonds. The number of rotatable bonds is 4. The molecule has 40 heavy (non-hydrogen) atoms. The molecule has 5 nitrogen and oxygen atoms in total. The van der Waals surface area contributed by atoms with Crippen LogP contribution in [0.5, 0.6) is 0 Å². The van der Waals surface area contributed by atoms with Crippen LogP contribution in [0.3, 0.4) is 0 Å². The zero-order valence-corrected chi connectivity index (χ0v) is 22.1. The summed E-state index contributed by atoms with van der Waals surface area (Å²) in [7, 11) is 0. The third-order valence-corrected chi connectivity index (χ3v) is 8.17. The van der Waals surface area contributed by atoms with E-state index in [1.165, 1.54) is 5.56 Å². The fourth-order valence-electron chi connectivity index (χ4n) is 5.24. The van der Waals surface area contributed by atoms with Gasteiger partial charge >= 0.3 is 0 Å². The van der Waals surface area contributed by atoms with E-state index in [9.17, 15) is 0 Å². The van der Waals surface area contributed by atoms with E-state index in [2.05, 4.69) is 108 Å². The van der Waals surface area contributed by atoms with Crippen LogP contribution in [0.2, 0.25) is 0 Å². The molecule has 3 heterocycles. The summed E-state index contributed by atoms with van der Waals surface area (Å²) in [6.07, 6.45) is 0. The average molecular weight is 532 g/mol. The molecule has 0 N–H and O–H groups in total. The van der Waals surface area contributed by atoms with Crippen LogP contribution in [0.1, 0.15) is 0 Å². The highest BCUT2D eigenvalue weighted by Crippen LogP contribution is 2.34. The molecule has 0 aliphatic carbocycles. The van der Waals surface area contributed by atoms with Crippen molar-refractivity contribution in [2.45, 2.75) is 0 Å². The van der Waals surface area contributed by atoms with Crippen molar-refractivity contribution >= 4 is 43.4 Å². The summed E-state index contributed by atoms with van der Waals surface area (Å²) >= 11 is 1.59. The summed E-state index contributed by atoms with van der Waals surface area (Å²) in [6, 6.07) is 43.7. The van der Waals surface area contributed by atoms with Gasteiger partial charge in [-0.1, -0.05) is 103 Å². The Morgan fingerprint density at radius 2 is 1.02 bits per heavy atom. The van der Waals surface area contributed by atoms with Gasteiger partial charge in [0.2, 0.25) is 5.95 Å². The number of aromatic nitrogens is 5. The minimum Gasteiger partial charge on any atom is -0.278 e. The zero-order chi connectivity index (χ0) is 26.5. The molecule has 8 aromatic rings. The Morgan fingerprint density at radius 1 is 0.450 bits per heavy atom. The van der Waals surface area contributed by atoms with Crippen molar-refractivity contribution in [1.29, 1.82) is 0 Å². The molecule has 0 radical (unpaired) electrons. The van der Waals surface area contributed by atoms with Gasteiger partial charge in [-0.25, -0.2) is 9.97 Å². The van der Waals surface area contributed by atoms with Gasteiger partial charge in [-0.2, -0.15) is 9.97 Å². The number of benzene rings is 5. The Morgan fingerprint density at radius 3 is 1.75 bits per heavy atom. The predicted molar refractivity (Wildman–Crippen MR) is 164 cm³/mol. The first kappa shape index (κ1) is 22.8. The van der Waals surface area contributed by atoms with Gasteiger partial charge in [-0.15, -0.1) is 11.3 Å². The Bertz CT molecular complexity index is 2080. The summed E-state index contributed by atoms with van der Waals surface area (Å²) in [5.74, 6) is 1.75. The highest BCUT2D eigenvalue weighted by molar-refractivity contribution is 7.21. The van der Waals surface area contributed by atoms with E-state index in [1.54, 1.807) is 11.3 Å². The Labute approximate surface area is 234 Å². The molecule has 3 aromatic heterocycles. The molecule has 0 atom stereocenters. The lowest BCUT2D eigenvalue weighted by Gasteiger charge is -2.10. The van der Waals surface area contributed by atoms with Crippen LogP contribution in [0.25, 0.3) is 71.3 Å². The van der Waals surface area contributed by atoms with Crippen LogP contribution in [0, 0.1) is 0 Å². The van der Waals surface area contributed by atoms with Crippen LogP contribution in [-0.2, 0) is 0 Å². The largest absolute Gasteiger partial charge is 0.278 e. The minimum absolute atomic E-state index is 0.565. The van der Waals surface area contributed by atoms with Gasteiger partial charge < -0.3 is 0 Å². The van der Waals surface area contributed by atoms with Gasteiger partial charge in [0.05, 0.1) is 21.3 Å². The molecular weight excluding hydrogens is 510 g/mol. The number of para-hydroxylation sites is 3. The molecule has 0 aliphatic heterocycles. The number of thiazole rings is 1. The topological polar surface area (TPSA) is 56.5 Å². The van der Waals surface area contributed by atoms with E-state index in [1.807, 2.05) is 24.3 Å². The molecular formula is C34H21N5S. The number of hydrogen-bond acceptors (Lipinski definition) is 5. The van der Waals surface area contributed by atoms with Gasteiger partial charge in [-0.05, 0) is 35.4 Å². The number of fused-ring (bicyclic) bond motifs is 4. The Hall–Kier alpha value is -5.20. The molecule has 188 valence electrons. The van der Waals surface area contributed by atoms with Crippen molar-refractivity contribution in [1.82, 2.24) is 24.5 Å². The first-order chi connectivity index (χ1) is 19.8. The normalized spacial score (nSPS) is 11.5. The fraction of sp³-hybridized carbons (Fsp3) is 0. The van der Waals surface area contributed by atoms with Crippen LogP contribution in [-0.4, -0.2) is 24.5 Å². The molecule has 0 aliphatic rings. The van der Waals surface area contributed by atoms with E-state index in [0.717, 1.165) is 48.2 Å². The maximum Gasteiger partial charge on any atom is 0.238 e. The third-order valence-electron chi connectivity index (χ3n) is 7.14. The number of nitrogens with zero attached hydrogens (tertiary/aromatic N) is 5. The lowest BCUT2D eigenvalue weighted by Crippen LogP contribution is -2.06. The molecule has 6 heteroatoms. The summed E-state index contributed by atoms with van der Waals surface area (Å²) in [5.41, 5.74) is 6.28. The maximum atomic E-state index is 5.05. The second-order valence-corrected chi connectivity index (χ2v) is 10.6. The quantitative estimate of drug-likeness (QED) is 0.228. The smallest absolute Gasteiger partial charge is 0.238 e. The second kappa shape index (κ2) is 9.22. The summed E-state index contributed by atoms with van der Waals surface area (Å²) in [6.45, 7) is 0. The van der Waals surface area contributed by atoms with Crippen molar-refractivity contribution in [3.63, 3.8) is 0 Å². The van der Waals surface area contributed by atoms with Crippen LogP contribution >= 0.6 is 11.3 Å². The molecule has 5 aromatic carbocycles. The van der Waals surface area contributed by atoms with Gasteiger partial charge in [0.25, 0.3) is 0 Å². The maximum absolute atomic E-state index is 5.05. The standard InChI is InChI=1S/C34H21N5S/c1-2-10-22(11-3-1)23-18-20-24(21-19-23)31-36-32(33-35-27-14-6-9-17-30(27)40-33)38-34(37-31)39-28-15-7-4-12-25(28)26-13-5-8-16-29(26)39/h1-21H. The van der Waals surface area contributed by atoms with Crippen molar-refractivity contribution in [2.75, 3.05) is 0 Å². The molecule has 0 unspecified atom stereocenters. The summed E-state index contributed by atoms with van der Waals surface area (Å²) < 4.78 is 3.23. The molecule has 0 saturated carbocycles. The lowest BCUT2D eigenvalue weighted by atomic mass is 10.0. The van der Waals surface area contributed by atoms with Gasteiger partial charge in [0.15, 0.2) is 16.7 Å².